The number of halogens is 1. The Morgan fingerprint density at radius 1 is 1.25 bits per heavy atom. The molecule has 0 spiro atoms. The Hall–Kier alpha value is -1.33. The maximum Gasteiger partial charge on any atom is 0.0934 e. The quantitative estimate of drug-likeness (QED) is 0.891. The second-order valence-electron chi connectivity index (χ2n) is 4.71. The van der Waals surface area contributed by atoms with Crippen molar-refractivity contribution in [1.29, 1.82) is 0 Å². The molecule has 0 aromatic carbocycles. The molecule has 0 radical (unpaired) electrons. The molecule has 2 heterocycles. The molecule has 1 unspecified atom stereocenters. The zero-order valence-corrected chi connectivity index (χ0v) is 13.3. The van der Waals surface area contributed by atoms with Crippen molar-refractivity contribution in [3.8, 4) is 0 Å². The van der Waals surface area contributed by atoms with Gasteiger partial charge in [0.05, 0.1) is 34.3 Å². The molecule has 20 heavy (non-hydrogen) atoms. The molecule has 0 aliphatic rings. The maximum atomic E-state index is 6.35. The second-order valence-corrected chi connectivity index (χ2v) is 5.12. The summed E-state index contributed by atoms with van der Waals surface area (Å²) in [6, 6.07) is 2.12. The lowest BCUT2D eigenvalue weighted by Crippen LogP contribution is -2.27. The Labute approximate surface area is 124 Å². The molecule has 2 aromatic heterocycles. The molecule has 110 valence electrons. The van der Waals surface area contributed by atoms with Crippen molar-refractivity contribution in [3.63, 3.8) is 0 Å². The van der Waals surface area contributed by atoms with Crippen LogP contribution in [0.15, 0.2) is 12.3 Å². The Kier molecular flexibility index (Phi) is 4.83. The molecule has 0 bridgehead atoms. The predicted molar refractivity (Wildman–Crippen MR) is 81.1 cm³/mol. The first-order valence-electron chi connectivity index (χ1n) is 7.11. The molecule has 2 aromatic rings. The molecule has 0 saturated heterocycles. The SMILES string of the molecule is CCNC(c1cc(C)nn1CC)c1c(Cl)cnn1CC. The number of hydrogen-bond acceptors (Lipinski definition) is 3. The van der Waals surface area contributed by atoms with Gasteiger partial charge >= 0.3 is 0 Å². The van der Waals surface area contributed by atoms with Crippen LogP contribution in [0.25, 0.3) is 0 Å². The number of aromatic nitrogens is 4. The average Bonchev–Trinajstić information content (AvgIpc) is 2.99. The molecule has 0 aliphatic carbocycles. The normalized spacial score (nSPS) is 12.8. The van der Waals surface area contributed by atoms with Gasteiger partial charge in [0.25, 0.3) is 0 Å². The number of nitrogens with zero attached hydrogens (tertiary/aromatic N) is 4. The molecule has 0 saturated carbocycles. The summed E-state index contributed by atoms with van der Waals surface area (Å²) in [7, 11) is 0. The van der Waals surface area contributed by atoms with Gasteiger partial charge in [-0.2, -0.15) is 10.2 Å². The highest BCUT2D eigenvalue weighted by Crippen LogP contribution is 2.28. The van der Waals surface area contributed by atoms with E-state index in [1.807, 2.05) is 16.3 Å². The minimum atomic E-state index is 0.0103. The molecule has 0 aliphatic heterocycles. The Balaban J connectivity index is 2.52. The summed E-state index contributed by atoms with van der Waals surface area (Å²) < 4.78 is 3.96. The lowest BCUT2D eigenvalue weighted by atomic mass is 10.1. The lowest BCUT2D eigenvalue weighted by molar-refractivity contribution is 0.500. The summed E-state index contributed by atoms with van der Waals surface area (Å²) in [4.78, 5) is 0. The first-order chi connectivity index (χ1) is 9.62. The van der Waals surface area contributed by atoms with E-state index in [9.17, 15) is 0 Å². The van der Waals surface area contributed by atoms with Crippen LogP contribution in [0.4, 0.5) is 0 Å². The van der Waals surface area contributed by atoms with Crippen molar-refractivity contribution in [2.75, 3.05) is 6.54 Å². The topological polar surface area (TPSA) is 47.7 Å². The Morgan fingerprint density at radius 3 is 2.55 bits per heavy atom. The minimum absolute atomic E-state index is 0.0103. The summed E-state index contributed by atoms with van der Waals surface area (Å²) in [6.07, 6.45) is 1.71. The van der Waals surface area contributed by atoms with Crippen LogP contribution in [-0.4, -0.2) is 26.1 Å². The number of hydrogen-bond donors (Lipinski definition) is 1. The number of rotatable bonds is 6. The first-order valence-corrected chi connectivity index (χ1v) is 7.49. The predicted octanol–water partition coefficient (Wildman–Crippen LogP) is 2.78. The van der Waals surface area contributed by atoms with Crippen molar-refractivity contribution in [3.05, 3.63) is 34.4 Å². The van der Waals surface area contributed by atoms with Crippen molar-refractivity contribution in [1.82, 2.24) is 24.9 Å². The van der Waals surface area contributed by atoms with Gasteiger partial charge in [-0.15, -0.1) is 0 Å². The Morgan fingerprint density at radius 2 is 1.95 bits per heavy atom. The minimum Gasteiger partial charge on any atom is -0.304 e. The zero-order chi connectivity index (χ0) is 14.7. The highest BCUT2D eigenvalue weighted by atomic mass is 35.5. The maximum absolute atomic E-state index is 6.35. The average molecular weight is 296 g/mol. The second kappa shape index (κ2) is 6.41. The van der Waals surface area contributed by atoms with Gasteiger partial charge in [0.15, 0.2) is 0 Å². The molecule has 0 amide bonds. The lowest BCUT2D eigenvalue weighted by Gasteiger charge is -2.20. The van der Waals surface area contributed by atoms with Gasteiger partial charge in [-0.1, -0.05) is 18.5 Å². The molecule has 0 fully saturated rings. The van der Waals surface area contributed by atoms with E-state index in [2.05, 4.69) is 42.4 Å². The van der Waals surface area contributed by atoms with Crippen LogP contribution in [0, 0.1) is 6.92 Å². The highest BCUT2D eigenvalue weighted by molar-refractivity contribution is 6.31. The first kappa shape index (κ1) is 15.1. The van der Waals surface area contributed by atoms with E-state index in [1.54, 1.807) is 6.20 Å². The number of aryl methyl sites for hydroxylation is 3. The van der Waals surface area contributed by atoms with E-state index in [0.29, 0.717) is 5.02 Å². The third kappa shape index (κ3) is 2.74. The van der Waals surface area contributed by atoms with Gasteiger partial charge in [-0.25, -0.2) is 0 Å². The third-order valence-corrected chi connectivity index (χ3v) is 3.63. The van der Waals surface area contributed by atoms with Crippen LogP contribution in [0.1, 0.15) is 43.9 Å². The molecule has 6 heteroatoms. The van der Waals surface area contributed by atoms with Crippen molar-refractivity contribution >= 4 is 11.6 Å². The monoisotopic (exact) mass is 295 g/mol. The van der Waals surface area contributed by atoms with Crippen LogP contribution in [0.5, 0.6) is 0 Å². The summed E-state index contributed by atoms with van der Waals surface area (Å²) in [6.45, 7) is 10.7. The van der Waals surface area contributed by atoms with Gasteiger partial charge < -0.3 is 5.32 Å². The van der Waals surface area contributed by atoms with Crippen molar-refractivity contribution < 1.29 is 0 Å². The fourth-order valence-electron chi connectivity index (χ4n) is 2.51. The van der Waals surface area contributed by atoms with Crippen LogP contribution >= 0.6 is 11.6 Å². The van der Waals surface area contributed by atoms with E-state index in [-0.39, 0.29) is 6.04 Å². The van der Waals surface area contributed by atoms with Crippen LogP contribution in [0.3, 0.4) is 0 Å². The van der Waals surface area contributed by atoms with E-state index in [0.717, 1.165) is 36.7 Å². The van der Waals surface area contributed by atoms with Crippen LogP contribution < -0.4 is 5.32 Å². The van der Waals surface area contributed by atoms with Gasteiger partial charge in [0.2, 0.25) is 0 Å². The third-order valence-electron chi connectivity index (χ3n) is 3.34. The van der Waals surface area contributed by atoms with Gasteiger partial charge in [-0.3, -0.25) is 9.36 Å². The number of nitrogens with one attached hydrogen (secondary N) is 1. The van der Waals surface area contributed by atoms with Crippen LogP contribution in [0.2, 0.25) is 5.02 Å². The van der Waals surface area contributed by atoms with Gasteiger partial charge in [0, 0.05) is 13.1 Å². The summed E-state index contributed by atoms with van der Waals surface area (Å²) in [5, 5.41) is 13.1. The summed E-state index contributed by atoms with van der Waals surface area (Å²) >= 11 is 6.35. The van der Waals surface area contributed by atoms with E-state index < -0.39 is 0 Å². The largest absolute Gasteiger partial charge is 0.304 e. The van der Waals surface area contributed by atoms with Crippen molar-refractivity contribution in [2.45, 2.75) is 46.8 Å². The zero-order valence-electron chi connectivity index (χ0n) is 12.5. The highest BCUT2D eigenvalue weighted by Gasteiger charge is 2.24. The molecule has 5 nitrogen and oxygen atoms in total. The molecule has 1 N–H and O–H groups in total. The molecular weight excluding hydrogens is 274 g/mol. The Bertz CT molecular complexity index is 572. The summed E-state index contributed by atoms with van der Waals surface area (Å²) in [5.74, 6) is 0. The van der Waals surface area contributed by atoms with Crippen molar-refractivity contribution in [2.24, 2.45) is 0 Å². The summed E-state index contributed by atoms with van der Waals surface area (Å²) in [5.41, 5.74) is 3.15. The van der Waals surface area contributed by atoms with E-state index in [1.165, 1.54) is 0 Å². The van der Waals surface area contributed by atoms with Gasteiger partial charge in [0.1, 0.15) is 0 Å². The molecular formula is C14H22ClN5. The van der Waals surface area contributed by atoms with Crippen LogP contribution in [-0.2, 0) is 13.1 Å². The van der Waals surface area contributed by atoms with E-state index >= 15 is 0 Å². The standard InChI is InChI=1S/C14H22ClN5/c1-5-16-13(12-8-10(4)18-19(12)6-2)14-11(15)9-17-20(14)7-3/h8-9,13,16H,5-7H2,1-4H3. The molecule has 2 rings (SSSR count). The fourth-order valence-corrected chi connectivity index (χ4v) is 2.76. The smallest absolute Gasteiger partial charge is 0.0934 e. The van der Waals surface area contributed by atoms with E-state index in [4.69, 9.17) is 11.6 Å². The molecule has 1 atom stereocenters. The fraction of sp³-hybridized carbons (Fsp3) is 0.571. The van der Waals surface area contributed by atoms with Gasteiger partial charge in [-0.05, 0) is 33.4 Å².